The average Bonchev–Trinajstić information content (AvgIpc) is 2.54. The smallest absolute Gasteiger partial charge is 0.396 e. The summed E-state index contributed by atoms with van der Waals surface area (Å²) < 4.78 is 11.0. The van der Waals surface area contributed by atoms with Gasteiger partial charge in [0.2, 0.25) is 5.76 Å². The Labute approximate surface area is 128 Å². The number of nitrogens with zero attached hydrogens (tertiary/aromatic N) is 1. The molecule has 0 heterocycles. The fourth-order valence-electron chi connectivity index (χ4n) is 2.32. The zero-order chi connectivity index (χ0) is 16.0. The Morgan fingerprint density at radius 1 is 1.36 bits per heavy atom. The molecule has 1 aromatic rings. The van der Waals surface area contributed by atoms with Gasteiger partial charge in [-0.2, -0.15) is 0 Å². The number of nitro groups is 1. The van der Waals surface area contributed by atoms with E-state index in [9.17, 15) is 14.9 Å². The molecular formula is C16H17NO5. The summed E-state index contributed by atoms with van der Waals surface area (Å²) in [5.74, 6) is -1.01. The minimum absolute atomic E-state index is 0.00438. The molecule has 1 aromatic carbocycles. The van der Waals surface area contributed by atoms with Crippen molar-refractivity contribution in [1.82, 2.24) is 0 Å². The summed E-state index contributed by atoms with van der Waals surface area (Å²) >= 11 is 0. The highest BCUT2D eigenvalue weighted by Gasteiger charge is 2.57. The van der Waals surface area contributed by atoms with Gasteiger partial charge in [0.25, 0.3) is 0 Å². The highest BCUT2D eigenvalue weighted by Crippen LogP contribution is 2.36. The monoisotopic (exact) mass is 303 g/mol. The topological polar surface area (TPSA) is 78.7 Å². The van der Waals surface area contributed by atoms with Gasteiger partial charge >= 0.3 is 5.72 Å². The highest BCUT2D eigenvalue weighted by molar-refractivity contribution is 5.61. The first-order valence-corrected chi connectivity index (χ1v) is 6.94. The third-order valence-electron chi connectivity index (χ3n) is 3.39. The van der Waals surface area contributed by atoms with Crippen molar-refractivity contribution < 1.29 is 19.2 Å². The second-order valence-corrected chi connectivity index (χ2v) is 4.74. The van der Waals surface area contributed by atoms with Crippen molar-refractivity contribution in [1.29, 1.82) is 0 Å². The van der Waals surface area contributed by atoms with Crippen LogP contribution in [0.25, 0.3) is 0 Å². The van der Waals surface area contributed by atoms with Crippen LogP contribution >= 0.6 is 0 Å². The standard InChI is InChI=1S/C16H17NO5/c1-2-21-15-10-6-9-14(11-18)16(15,17(19)20)22-12-13-7-4-3-5-8-13/h3-11,14H,2,12H2,1H3. The first kappa shape index (κ1) is 15.9. The number of carbonyl (C=O) groups excluding carboxylic acids is 1. The molecule has 1 aliphatic rings. The molecule has 2 unspecified atom stereocenters. The molecule has 0 aliphatic heterocycles. The molecule has 0 bridgehead atoms. The Kier molecular flexibility index (Phi) is 5.06. The molecule has 0 saturated heterocycles. The van der Waals surface area contributed by atoms with E-state index in [0.717, 1.165) is 5.56 Å². The Morgan fingerprint density at radius 2 is 2.09 bits per heavy atom. The lowest BCUT2D eigenvalue weighted by Crippen LogP contribution is -2.51. The molecule has 0 radical (unpaired) electrons. The lowest BCUT2D eigenvalue weighted by molar-refractivity contribution is -0.629. The summed E-state index contributed by atoms with van der Waals surface area (Å²) in [5, 5.41) is 11.7. The van der Waals surface area contributed by atoms with Crippen LogP contribution < -0.4 is 0 Å². The maximum absolute atomic E-state index is 11.7. The Bertz CT molecular complexity index is 596. The molecular weight excluding hydrogens is 286 g/mol. The number of carbonyl (C=O) groups is 1. The van der Waals surface area contributed by atoms with Gasteiger partial charge in [0.1, 0.15) is 12.2 Å². The van der Waals surface area contributed by atoms with Gasteiger partial charge in [-0.1, -0.05) is 42.5 Å². The number of allylic oxidation sites excluding steroid dienone is 2. The van der Waals surface area contributed by atoms with E-state index >= 15 is 0 Å². The number of hydrogen-bond acceptors (Lipinski definition) is 5. The molecule has 6 heteroatoms. The van der Waals surface area contributed by atoms with Crippen molar-refractivity contribution in [3.05, 3.63) is 70.0 Å². The summed E-state index contributed by atoms with van der Waals surface area (Å²) in [6, 6.07) is 9.07. The molecule has 0 N–H and O–H groups in total. The van der Waals surface area contributed by atoms with Crippen LogP contribution in [0.3, 0.4) is 0 Å². The van der Waals surface area contributed by atoms with Gasteiger partial charge in [0.15, 0.2) is 0 Å². The molecule has 0 fully saturated rings. The lowest BCUT2D eigenvalue weighted by Gasteiger charge is -2.31. The van der Waals surface area contributed by atoms with E-state index in [0.29, 0.717) is 6.29 Å². The van der Waals surface area contributed by atoms with Crippen LogP contribution in [-0.2, 0) is 20.9 Å². The Hall–Kier alpha value is -2.47. The van der Waals surface area contributed by atoms with E-state index in [-0.39, 0.29) is 19.0 Å². The SMILES string of the molecule is CCOC1=CC=CC(C=O)C1(OCc1ccccc1)[N+](=O)[O-]. The van der Waals surface area contributed by atoms with Gasteiger partial charge in [0.05, 0.1) is 18.1 Å². The molecule has 0 amide bonds. The van der Waals surface area contributed by atoms with Crippen LogP contribution in [0.15, 0.2) is 54.3 Å². The molecule has 22 heavy (non-hydrogen) atoms. The maximum atomic E-state index is 11.7. The molecule has 0 saturated carbocycles. The van der Waals surface area contributed by atoms with Crippen LogP contribution in [0.4, 0.5) is 0 Å². The van der Waals surface area contributed by atoms with Crippen LogP contribution in [0.2, 0.25) is 0 Å². The molecule has 2 atom stereocenters. The Balaban J connectivity index is 2.34. The van der Waals surface area contributed by atoms with E-state index in [2.05, 4.69) is 0 Å². The molecule has 6 nitrogen and oxygen atoms in total. The molecule has 2 rings (SSSR count). The van der Waals surface area contributed by atoms with Gasteiger partial charge in [-0.05, 0) is 18.6 Å². The predicted octanol–water partition coefficient (Wildman–Crippen LogP) is 2.48. The number of rotatable bonds is 7. The fourth-order valence-corrected chi connectivity index (χ4v) is 2.32. The number of ether oxygens (including phenoxy) is 2. The third kappa shape index (κ3) is 2.92. The third-order valence-corrected chi connectivity index (χ3v) is 3.39. The highest BCUT2D eigenvalue weighted by atomic mass is 16.7. The van der Waals surface area contributed by atoms with Gasteiger partial charge in [-0.25, -0.2) is 0 Å². The fraction of sp³-hybridized carbons (Fsp3) is 0.312. The summed E-state index contributed by atoms with van der Waals surface area (Å²) in [7, 11) is 0. The lowest BCUT2D eigenvalue weighted by atomic mass is 9.90. The van der Waals surface area contributed by atoms with Gasteiger partial charge in [-0.15, -0.1) is 0 Å². The number of aldehydes is 1. The average molecular weight is 303 g/mol. The number of hydrogen-bond donors (Lipinski definition) is 0. The van der Waals surface area contributed by atoms with Crippen LogP contribution in [0, 0.1) is 16.0 Å². The minimum Gasteiger partial charge on any atom is -0.489 e. The van der Waals surface area contributed by atoms with Crippen molar-refractivity contribution in [3.63, 3.8) is 0 Å². The van der Waals surface area contributed by atoms with E-state index < -0.39 is 16.6 Å². The largest absolute Gasteiger partial charge is 0.489 e. The van der Waals surface area contributed by atoms with Crippen molar-refractivity contribution in [3.8, 4) is 0 Å². The summed E-state index contributed by atoms with van der Waals surface area (Å²) in [6.07, 6.45) is 4.99. The van der Waals surface area contributed by atoms with Crippen LogP contribution in [0.1, 0.15) is 12.5 Å². The second kappa shape index (κ2) is 7.00. The first-order chi connectivity index (χ1) is 10.6. The van der Waals surface area contributed by atoms with Gasteiger partial charge in [0, 0.05) is 0 Å². The van der Waals surface area contributed by atoms with Crippen LogP contribution in [-0.4, -0.2) is 23.5 Å². The summed E-state index contributed by atoms with van der Waals surface area (Å²) in [4.78, 5) is 22.4. The van der Waals surface area contributed by atoms with E-state index in [4.69, 9.17) is 9.47 Å². The van der Waals surface area contributed by atoms with Crippen LogP contribution in [0.5, 0.6) is 0 Å². The van der Waals surface area contributed by atoms with E-state index in [1.165, 1.54) is 12.2 Å². The normalized spacial score (nSPS) is 23.7. The minimum atomic E-state index is -2.03. The quantitative estimate of drug-likeness (QED) is 0.335. The first-order valence-electron chi connectivity index (χ1n) is 6.94. The van der Waals surface area contributed by atoms with E-state index in [1.54, 1.807) is 25.1 Å². The van der Waals surface area contributed by atoms with Crippen molar-refractivity contribution in [2.24, 2.45) is 5.92 Å². The summed E-state index contributed by atoms with van der Waals surface area (Å²) in [5.41, 5.74) is -1.25. The zero-order valence-corrected chi connectivity index (χ0v) is 12.2. The maximum Gasteiger partial charge on any atom is 0.396 e. The number of benzene rings is 1. The van der Waals surface area contributed by atoms with Crippen molar-refractivity contribution >= 4 is 6.29 Å². The van der Waals surface area contributed by atoms with Crippen molar-refractivity contribution in [2.45, 2.75) is 19.3 Å². The predicted molar refractivity (Wildman–Crippen MR) is 79.4 cm³/mol. The Morgan fingerprint density at radius 3 is 2.68 bits per heavy atom. The molecule has 0 spiro atoms. The molecule has 116 valence electrons. The van der Waals surface area contributed by atoms with Gasteiger partial charge < -0.3 is 14.3 Å². The van der Waals surface area contributed by atoms with E-state index in [1.807, 2.05) is 18.2 Å². The molecule has 1 aliphatic carbocycles. The van der Waals surface area contributed by atoms with Crippen molar-refractivity contribution in [2.75, 3.05) is 6.61 Å². The molecule has 0 aromatic heterocycles. The summed E-state index contributed by atoms with van der Waals surface area (Å²) in [6.45, 7) is 1.97. The zero-order valence-electron chi connectivity index (χ0n) is 12.2. The second-order valence-electron chi connectivity index (χ2n) is 4.74. The van der Waals surface area contributed by atoms with Gasteiger partial charge in [-0.3, -0.25) is 10.1 Å².